The minimum atomic E-state index is -0.729. The van der Waals surface area contributed by atoms with E-state index in [0.29, 0.717) is 12.4 Å². The molecule has 4 rings (SSSR count). The van der Waals surface area contributed by atoms with Gasteiger partial charge in [-0.3, -0.25) is 9.59 Å². The van der Waals surface area contributed by atoms with Gasteiger partial charge in [0.05, 0.1) is 0 Å². The van der Waals surface area contributed by atoms with Gasteiger partial charge in [0.2, 0.25) is 5.91 Å². The van der Waals surface area contributed by atoms with Crippen molar-refractivity contribution >= 4 is 23.3 Å². The van der Waals surface area contributed by atoms with Crippen LogP contribution in [0.2, 0.25) is 0 Å². The lowest BCUT2D eigenvalue weighted by molar-refractivity contribution is -0.124. The Balaban J connectivity index is 1.83. The number of nitrogens with zero attached hydrogens (tertiary/aromatic N) is 2. The largest absolute Gasteiger partial charge is 0.344 e. The van der Waals surface area contributed by atoms with Gasteiger partial charge in [0, 0.05) is 12.2 Å². The number of hydrogen-bond donors (Lipinski definition) is 2. The highest BCUT2D eigenvalue weighted by atomic mass is 16.2. The Morgan fingerprint density at radius 2 is 2.10 bits per heavy atom. The zero-order chi connectivity index (χ0) is 13.7. The number of carbonyl (C=O) groups is 2. The van der Waals surface area contributed by atoms with Gasteiger partial charge in [0.1, 0.15) is 17.8 Å². The number of anilines is 1. The van der Waals surface area contributed by atoms with Crippen LogP contribution < -0.4 is 10.7 Å². The molecule has 3 heterocycles. The molecule has 1 aromatic carbocycles. The summed E-state index contributed by atoms with van der Waals surface area (Å²) in [7, 11) is 0. The molecular formula is C14H12N4O2. The molecule has 0 saturated heterocycles. The molecule has 0 radical (unpaired) electrons. The number of nitrogens with one attached hydrogen (secondary N) is 2. The number of hydrogen-bond acceptors (Lipinski definition) is 4. The number of amides is 2. The van der Waals surface area contributed by atoms with E-state index in [9.17, 15) is 9.59 Å². The molecule has 6 heteroatoms. The Hall–Kier alpha value is -2.63. The van der Waals surface area contributed by atoms with E-state index >= 15 is 0 Å². The minimum absolute atomic E-state index is 0.0556. The van der Waals surface area contributed by atoms with Crippen LogP contribution in [-0.2, 0) is 15.0 Å². The highest BCUT2D eigenvalue weighted by Crippen LogP contribution is 2.41. The summed E-state index contributed by atoms with van der Waals surface area (Å²) in [5.41, 5.74) is 3.50. The predicted molar refractivity (Wildman–Crippen MR) is 73.0 cm³/mol. The summed E-state index contributed by atoms with van der Waals surface area (Å²) < 4.78 is 0. The fraction of sp³-hybridized carbons (Fsp3) is 0.214. The zero-order valence-corrected chi connectivity index (χ0v) is 10.6. The van der Waals surface area contributed by atoms with Crippen molar-refractivity contribution < 1.29 is 9.59 Å². The smallest absolute Gasteiger partial charge is 0.259 e. The van der Waals surface area contributed by atoms with E-state index in [-0.39, 0.29) is 18.4 Å². The van der Waals surface area contributed by atoms with Crippen molar-refractivity contribution in [1.82, 2.24) is 10.3 Å². The van der Waals surface area contributed by atoms with Crippen LogP contribution in [0.3, 0.4) is 0 Å². The number of para-hydroxylation sites is 1. The molecule has 1 aromatic rings. The summed E-state index contributed by atoms with van der Waals surface area (Å²) in [5, 5.41) is 6.90. The summed E-state index contributed by atoms with van der Waals surface area (Å²) >= 11 is 0. The Labute approximate surface area is 115 Å². The van der Waals surface area contributed by atoms with Crippen molar-refractivity contribution in [2.24, 2.45) is 5.10 Å². The monoisotopic (exact) mass is 268 g/mol. The van der Waals surface area contributed by atoms with E-state index in [1.165, 1.54) is 0 Å². The standard InChI is InChI=1S/C14H12N4O2/c19-12-7-18-8-14(6-5-11(18)16-17-12)9-3-1-2-4-10(9)15-13(14)20/h1-6H,7-8H2,(H,15,20)(H,17,19). The zero-order valence-electron chi connectivity index (χ0n) is 10.6. The molecule has 20 heavy (non-hydrogen) atoms. The maximum atomic E-state index is 12.4. The maximum Gasteiger partial charge on any atom is 0.259 e. The first-order valence-corrected chi connectivity index (χ1v) is 6.41. The van der Waals surface area contributed by atoms with E-state index in [1.807, 2.05) is 35.2 Å². The van der Waals surface area contributed by atoms with Crippen LogP contribution in [0.5, 0.6) is 0 Å². The normalized spacial score (nSPS) is 26.8. The van der Waals surface area contributed by atoms with Crippen LogP contribution in [0.25, 0.3) is 0 Å². The molecule has 2 amide bonds. The Bertz CT molecular complexity index is 694. The molecule has 2 N–H and O–H groups in total. The molecule has 1 atom stereocenters. The average Bonchev–Trinajstić information content (AvgIpc) is 2.72. The highest BCUT2D eigenvalue weighted by Gasteiger charge is 2.48. The first-order valence-electron chi connectivity index (χ1n) is 6.41. The summed E-state index contributed by atoms with van der Waals surface area (Å²) in [4.78, 5) is 25.7. The SMILES string of the molecule is O=C1CN2CC3(C=CC2=NN1)C(=O)Nc1ccccc13. The van der Waals surface area contributed by atoms with Crippen molar-refractivity contribution in [1.29, 1.82) is 0 Å². The van der Waals surface area contributed by atoms with Gasteiger partial charge in [-0.2, -0.15) is 5.10 Å². The lowest BCUT2D eigenvalue weighted by Gasteiger charge is -2.37. The van der Waals surface area contributed by atoms with E-state index in [2.05, 4.69) is 15.8 Å². The van der Waals surface area contributed by atoms with Crippen molar-refractivity contribution in [3.8, 4) is 0 Å². The van der Waals surface area contributed by atoms with Crippen LogP contribution in [0, 0.1) is 0 Å². The van der Waals surface area contributed by atoms with Crippen LogP contribution in [0.4, 0.5) is 5.69 Å². The molecular weight excluding hydrogens is 256 g/mol. The fourth-order valence-corrected chi connectivity index (χ4v) is 2.99. The van der Waals surface area contributed by atoms with Crippen molar-refractivity contribution in [2.75, 3.05) is 18.4 Å². The molecule has 0 bridgehead atoms. The van der Waals surface area contributed by atoms with Crippen LogP contribution in [0.1, 0.15) is 5.56 Å². The summed E-state index contributed by atoms with van der Waals surface area (Å²) in [6.07, 6.45) is 3.67. The molecule has 3 aliphatic heterocycles. The van der Waals surface area contributed by atoms with E-state index in [0.717, 1.165) is 11.3 Å². The highest BCUT2D eigenvalue weighted by molar-refractivity contribution is 6.11. The third-order valence-electron chi connectivity index (χ3n) is 3.97. The van der Waals surface area contributed by atoms with Crippen LogP contribution in [0.15, 0.2) is 41.5 Å². The number of rotatable bonds is 0. The fourth-order valence-electron chi connectivity index (χ4n) is 2.99. The lowest BCUT2D eigenvalue weighted by atomic mass is 9.79. The summed E-state index contributed by atoms with van der Waals surface area (Å²) in [6, 6.07) is 7.65. The number of carbonyl (C=O) groups excluding carboxylic acids is 2. The first kappa shape index (κ1) is 11.2. The topological polar surface area (TPSA) is 73.8 Å². The van der Waals surface area contributed by atoms with Gasteiger partial charge in [0.15, 0.2) is 0 Å². The van der Waals surface area contributed by atoms with Crippen molar-refractivity contribution in [3.05, 3.63) is 42.0 Å². The third-order valence-corrected chi connectivity index (χ3v) is 3.97. The van der Waals surface area contributed by atoms with Gasteiger partial charge in [-0.05, 0) is 17.7 Å². The van der Waals surface area contributed by atoms with Crippen LogP contribution >= 0.6 is 0 Å². The Kier molecular flexibility index (Phi) is 2.07. The quantitative estimate of drug-likeness (QED) is 0.705. The number of hydrazone groups is 1. The number of benzene rings is 1. The molecule has 3 aliphatic rings. The van der Waals surface area contributed by atoms with Gasteiger partial charge in [-0.15, -0.1) is 0 Å². The van der Waals surface area contributed by atoms with Gasteiger partial charge >= 0.3 is 0 Å². The minimum Gasteiger partial charge on any atom is -0.344 e. The van der Waals surface area contributed by atoms with E-state index in [1.54, 1.807) is 6.08 Å². The van der Waals surface area contributed by atoms with Gasteiger partial charge < -0.3 is 10.2 Å². The molecule has 1 unspecified atom stereocenters. The number of fused-ring (bicyclic) bond motifs is 3. The third kappa shape index (κ3) is 1.36. The van der Waals surface area contributed by atoms with Crippen LogP contribution in [-0.4, -0.2) is 35.6 Å². The second-order valence-corrected chi connectivity index (χ2v) is 5.17. The molecule has 100 valence electrons. The lowest BCUT2D eigenvalue weighted by Crippen LogP contribution is -2.54. The molecule has 6 nitrogen and oxygen atoms in total. The molecule has 0 aromatic heterocycles. The van der Waals surface area contributed by atoms with Gasteiger partial charge in [0.25, 0.3) is 5.91 Å². The summed E-state index contributed by atoms with van der Waals surface area (Å²) in [6.45, 7) is 0.652. The van der Waals surface area contributed by atoms with Gasteiger partial charge in [-0.1, -0.05) is 24.3 Å². The van der Waals surface area contributed by atoms with Crippen molar-refractivity contribution in [2.45, 2.75) is 5.41 Å². The predicted octanol–water partition coefficient (Wildman–Crippen LogP) is 0.192. The molecule has 0 aliphatic carbocycles. The van der Waals surface area contributed by atoms with Gasteiger partial charge in [-0.25, -0.2) is 5.43 Å². The average molecular weight is 268 g/mol. The molecule has 1 spiro atoms. The van der Waals surface area contributed by atoms with E-state index in [4.69, 9.17) is 0 Å². The Morgan fingerprint density at radius 3 is 3.00 bits per heavy atom. The molecule has 0 saturated carbocycles. The molecule has 0 fully saturated rings. The maximum absolute atomic E-state index is 12.4. The number of amidine groups is 1. The van der Waals surface area contributed by atoms with E-state index < -0.39 is 5.41 Å². The first-order chi connectivity index (χ1) is 9.69. The second kappa shape index (κ2) is 3.69. The second-order valence-electron chi connectivity index (χ2n) is 5.17. The Morgan fingerprint density at radius 1 is 1.25 bits per heavy atom. The summed E-state index contributed by atoms with van der Waals surface area (Å²) in [5.74, 6) is 0.471. The van der Waals surface area contributed by atoms with Crippen molar-refractivity contribution in [3.63, 3.8) is 0 Å².